The number of hydrogen-bond acceptors (Lipinski definition) is 4. The molecule has 1 unspecified atom stereocenters. The molecule has 2 heterocycles. The number of imide groups is 1. The molecule has 0 saturated carbocycles. The Hall–Kier alpha value is -3.06. The van der Waals surface area contributed by atoms with Crippen LogP contribution in [-0.4, -0.2) is 34.9 Å². The summed E-state index contributed by atoms with van der Waals surface area (Å²) in [5.74, 6) is -1.02. The highest BCUT2D eigenvalue weighted by Gasteiger charge is 2.42. The lowest BCUT2D eigenvalue weighted by Crippen LogP contribution is -3.13. The van der Waals surface area contributed by atoms with E-state index in [1.807, 2.05) is 12.1 Å². The number of amides is 2. The van der Waals surface area contributed by atoms with E-state index < -0.39 is 16.7 Å². The molecule has 2 aliphatic heterocycles. The van der Waals surface area contributed by atoms with E-state index >= 15 is 0 Å². The molecule has 2 aromatic carbocycles. The molecule has 0 bridgehead atoms. The SMILES string of the molecule is O=C1c2cccc([N+](=O)[O-])c2C(=O)N1C[NH+]1CCc2ccccc2C1. The maximum Gasteiger partial charge on any atom is 0.282 e. The minimum absolute atomic E-state index is 0.0886. The van der Waals surface area contributed by atoms with Crippen LogP contribution in [0.25, 0.3) is 0 Å². The molecule has 2 aromatic rings. The molecule has 1 atom stereocenters. The van der Waals surface area contributed by atoms with Gasteiger partial charge in [-0.2, -0.15) is 0 Å². The molecule has 2 aliphatic rings. The Morgan fingerprint density at radius 1 is 1.04 bits per heavy atom. The standard InChI is InChI=1S/C18H15N3O4/c22-17-14-6-3-7-15(21(24)25)16(14)18(23)20(17)11-19-9-8-12-4-1-2-5-13(12)10-19/h1-7H,8-11H2/p+1. The Bertz CT molecular complexity index is 909. The van der Waals surface area contributed by atoms with Crippen LogP contribution in [0.4, 0.5) is 5.69 Å². The van der Waals surface area contributed by atoms with Crippen LogP contribution in [0.5, 0.6) is 0 Å². The lowest BCUT2D eigenvalue weighted by molar-refractivity contribution is -0.922. The van der Waals surface area contributed by atoms with Crippen LogP contribution in [0.3, 0.4) is 0 Å². The molecule has 0 spiro atoms. The van der Waals surface area contributed by atoms with E-state index in [2.05, 4.69) is 12.1 Å². The van der Waals surface area contributed by atoms with Gasteiger partial charge >= 0.3 is 0 Å². The minimum Gasteiger partial charge on any atom is -0.313 e. The maximum atomic E-state index is 12.6. The van der Waals surface area contributed by atoms with Gasteiger partial charge in [-0.1, -0.05) is 30.3 Å². The van der Waals surface area contributed by atoms with E-state index in [-0.39, 0.29) is 23.5 Å². The summed E-state index contributed by atoms with van der Waals surface area (Å²) in [6.45, 7) is 1.76. The number of nitrogens with zero attached hydrogens (tertiary/aromatic N) is 2. The average Bonchev–Trinajstić information content (AvgIpc) is 2.86. The zero-order valence-corrected chi connectivity index (χ0v) is 13.4. The largest absolute Gasteiger partial charge is 0.313 e. The van der Waals surface area contributed by atoms with E-state index in [9.17, 15) is 19.7 Å². The van der Waals surface area contributed by atoms with Gasteiger partial charge in [0.25, 0.3) is 17.5 Å². The van der Waals surface area contributed by atoms with Crippen LogP contribution in [0.15, 0.2) is 42.5 Å². The molecule has 7 heteroatoms. The average molecular weight is 338 g/mol. The normalized spacial score (nSPS) is 18.9. The van der Waals surface area contributed by atoms with Crippen LogP contribution in [-0.2, 0) is 13.0 Å². The van der Waals surface area contributed by atoms with Crippen molar-refractivity contribution in [2.24, 2.45) is 0 Å². The smallest absolute Gasteiger partial charge is 0.282 e. The van der Waals surface area contributed by atoms with E-state index in [0.29, 0.717) is 0 Å². The van der Waals surface area contributed by atoms with E-state index in [4.69, 9.17) is 0 Å². The number of nitrogens with one attached hydrogen (secondary N) is 1. The Morgan fingerprint density at radius 3 is 2.56 bits per heavy atom. The lowest BCUT2D eigenvalue weighted by atomic mass is 10.0. The highest BCUT2D eigenvalue weighted by Crippen LogP contribution is 2.30. The highest BCUT2D eigenvalue weighted by molar-refractivity contribution is 6.23. The topological polar surface area (TPSA) is 85.0 Å². The molecular formula is C18H16N3O4+. The first-order valence-corrected chi connectivity index (χ1v) is 8.10. The fourth-order valence-corrected chi connectivity index (χ4v) is 3.61. The summed E-state index contributed by atoms with van der Waals surface area (Å²) in [7, 11) is 0. The van der Waals surface area contributed by atoms with Crippen molar-refractivity contribution in [3.63, 3.8) is 0 Å². The summed E-state index contributed by atoms with van der Waals surface area (Å²) >= 11 is 0. The summed E-state index contributed by atoms with van der Waals surface area (Å²) in [6, 6.07) is 12.3. The van der Waals surface area contributed by atoms with Gasteiger partial charge in [-0.3, -0.25) is 19.7 Å². The number of nitro groups is 1. The van der Waals surface area contributed by atoms with Gasteiger partial charge in [0, 0.05) is 18.1 Å². The summed E-state index contributed by atoms with van der Waals surface area (Å²) in [6.07, 6.45) is 0.884. The van der Waals surface area contributed by atoms with Gasteiger partial charge in [0.1, 0.15) is 12.1 Å². The Kier molecular flexibility index (Phi) is 3.58. The fourth-order valence-electron chi connectivity index (χ4n) is 3.61. The van der Waals surface area contributed by atoms with Gasteiger partial charge in [0.15, 0.2) is 6.67 Å². The van der Waals surface area contributed by atoms with Crippen LogP contribution in [0.2, 0.25) is 0 Å². The van der Waals surface area contributed by atoms with Crippen LogP contribution < -0.4 is 4.90 Å². The first-order chi connectivity index (χ1) is 12.1. The van der Waals surface area contributed by atoms with Crippen molar-refractivity contribution in [3.05, 3.63) is 74.8 Å². The van der Waals surface area contributed by atoms with Crippen molar-refractivity contribution < 1.29 is 19.4 Å². The quantitative estimate of drug-likeness (QED) is 0.509. The Morgan fingerprint density at radius 2 is 1.80 bits per heavy atom. The van der Waals surface area contributed by atoms with Gasteiger partial charge < -0.3 is 4.90 Å². The third-order valence-electron chi connectivity index (χ3n) is 4.86. The van der Waals surface area contributed by atoms with Crippen molar-refractivity contribution in [2.75, 3.05) is 13.2 Å². The first-order valence-electron chi connectivity index (χ1n) is 8.10. The van der Waals surface area contributed by atoms with Crippen LogP contribution >= 0.6 is 0 Å². The second kappa shape index (κ2) is 5.78. The van der Waals surface area contributed by atoms with Gasteiger partial charge in [0.2, 0.25) is 0 Å². The molecule has 0 aliphatic carbocycles. The zero-order chi connectivity index (χ0) is 17.6. The number of nitro benzene ring substituents is 1. The monoisotopic (exact) mass is 338 g/mol. The molecule has 1 N–H and O–H groups in total. The van der Waals surface area contributed by atoms with E-state index in [1.54, 1.807) is 0 Å². The Labute approximate surface area is 143 Å². The van der Waals surface area contributed by atoms with Crippen LogP contribution in [0, 0.1) is 10.1 Å². The lowest BCUT2D eigenvalue weighted by Gasteiger charge is -2.28. The summed E-state index contributed by atoms with van der Waals surface area (Å²) in [5, 5.41) is 11.2. The Balaban J connectivity index is 1.59. The number of carbonyl (C=O) groups excluding carboxylic acids is 2. The third kappa shape index (κ3) is 2.49. The summed E-state index contributed by atoms with van der Waals surface area (Å²) in [4.78, 5) is 38.0. The highest BCUT2D eigenvalue weighted by atomic mass is 16.6. The minimum atomic E-state index is -0.614. The second-order valence-electron chi connectivity index (χ2n) is 6.35. The number of fused-ring (bicyclic) bond motifs is 2. The summed E-state index contributed by atoms with van der Waals surface area (Å²) in [5.41, 5.74) is 2.23. The van der Waals surface area contributed by atoms with E-state index in [1.165, 1.54) is 29.3 Å². The fraction of sp³-hybridized carbons (Fsp3) is 0.222. The van der Waals surface area contributed by atoms with Gasteiger partial charge in [0.05, 0.1) is 17.0 Å². The molecule has 126 valence electrons. The zero-order valence-electron chi connectivity index (χ0n) is 13.4. The van der Waals surface area contributed by atoms with Crippen molar-refractivity contribution in [1.82, 2.24) is 4.90 Å². The first kappa shape index (κ1) is 15.5. The van der Waals surface area contributed by atoms with E-state index in [0.717, 1.165) is 29.3 Å². The number of benzene rings is 2. The van der Waals surface area contributed by atoms with Crippen LogP contribution in [0.1, 0.15) is 31.8 Å². The third-order valence-corrected chi connectivity index (χ3v) is 4.86. The number of hydrogen-bond donors (Lipinski definition) is 1. The molecule has 0 saturated heterocycles. The molecule has 7 nitrogen and oxygen atoms in total. The molecular weight excluding hydrogens is 322 g/mol. The molecule has 25 heavy (non-hydrogen) atoms. The van der Waals surface area contributed by atoms with Crippen molar-refractivity contribution >= 4 is 17.5 Å². The number of carbonyl (C=O) groups is 2. The molecule has 4 rings (SSSR count). The van der Waals surface area contributed by atoms with Crippen molar-refractivity contribution in [2.45, 2.75) is 13.0 Å². The van der Waals surface area contributed by atoms with Gasteiger partial charge in [-0.05, 0) is 11.6 Å². The molecule has 0 aromatic heterocycles. The molecule has 0 radical (unpaired) electrons. The van der Waals surface area contributed by atoms with Crippen molar-refractivity contribution in [3.8, 4) is 0 Å². The second-order valence-corrected chi connectivity index (χ2v) is 6.35. The molecule has 2 amide bonds. The van der Waals surface area contributed by atoms with Gasteiger partial charge in [-0.15, -0.1) is 0 Å². The maximum absolute atomic E-state index is 12.6. The van der Waals surface area contributed by atoms with Crippen molar-refractivity contribution in [1.29, 1.82) is 0 Å². The molecule has 0 fully saturated rings. The predicted octanol–water partition coefficient (Wildman–Crippen LogP) is 0.789. The number of rotatable bonds is 3. The number of quaternary nitrogens is 1. The van der Waals surface area contributed by atoms with Gasteiger partial charge in [-0.25, -0.2) is 4.90 Å². The summed E-state index contributed by atoms with van der Waals surface area (Å²) < 4.78 is 0. The predicted molar refractivity (Wildman–Crippen MR) is 88.1 cm³/mol.